The average molecular weight is 282 g/mol. The lowest BCUT2D eigenvalue weighted by molar-refractivity contribution is 0.101. The highest BCUT2D eigenvalue weighted by Gasteiger charge is 2.11. The molecule has 0 bridgehead atoms. The Labute approximate surface area is 113 Å². The molecule has 0 aliphatic rings. The number of amides is 1. The summed E-state index contributed by atoms with van der Waals surface area (Å²) < 4.78 is 4.58. The molecule has 0 radical (unpaired) electrons. The first-order valence-corrected chi connectivity index (χ1v) is 5.67. The number of carbonyl (C=O) groups excluding carboxylic acids is 1. The standard InChI is InChI=1S/C11H8ClN3O2S/c12-7-5-6(10(13)18)1-2-8(7)14-11(16)9-3-4-17-15-9/h1-5H,(H2,13,18)(H,14,16). The lowest BCUT2D eigenvalue weighted by Gasteiger charge is -2.07. The van der Waals surface area contributed by atoms with Gasteiger partial charge >= 0.3 is 0 Å². The molecule has 7 heteroatoms. The zero-order valence-corrected chi connectivity index (χ0v) is 10.6. The maximum Gasteiger partial charge on any atom is 0.277 e. The number of nitrogens with one attached hydrogen (secondary N) is 1. The quantitative estimate of drug-likeness (QED) is 0.843. The number of thiocarbonyl (C=S) groups is 1. The van der Waals surface area contributed by atoms with E-state index >= 15 is 0 Å². The second-order valence-electron chi connectivity index (χ2n) is 3.40. The van der Waals surface area contributed by atoms with Crippen molar-refractivity contribution in [2.75, 3.05) is 5.32 Å². The van der Waals surface area contributed by atoms with E-state index in [1.807, 2.05) is 0 Å². The monoisotopic (exact) mass is 281 g/mol. The minimum absolute atomic E-state index is 0.171. The molecule has 5 nitrogen and oxygen atoms in total. The molecule has 1 aromatic heterocycles. The first kappa shape index (κ1) is 12.5. The first-order valence-electron chi connectivity index (χ1n) is 4.89. The number of hydrogen-bond donors (Lipinski definition) is 2. The van der Waals surface area contributed by atoms with Crippen molar-refractivity contribution in [3.05, 3.63) is 46.8 Å². The van der Waals surface area contributed by atoms with Crippen LogP contribution in [-0.4, -0.2) is 16.1 Å². The van der Waals surface area contributed by atoms with Crippen LogP contribution < -0.4 is 11.1 Å². The number of benzene rings is 1. The van der Waals surface area contributed by atoms with Gasteiger partial charge in [0.1, 0.15) is 11.3 Å². The van der Waals surface area contributed by atoms with E-state index in [0.717, 1.165) is 0 Å². The van der Waals surface area contributed by atoms with Crippen molar-refractivity contribution in [1.82, 2.24) is 5.16 Å². The molecule has 1 heterocycles. The summed E-state index contributed by atoms with van der Waals surface area (Å²) in [5.41, 5.74) is 6.73. The molecule has 92 valence electrons. The highest BCUT2D eigenvalue weighted by molar-refractivity contribution is 7.80. The van der Waals surface area contributed by atoms with Crippen LogP contribution in [0.4, 0.5) is 5.69 Å². The third-order valence-electron chi connectivity index (χ3n) is 2.17. The van der Waals surface area contributed by atoms with Gasteiger partial charge in [-0.05, 0) is 18.2 Å². The molecule has 0 atom stereocenters. The largest absolute Gasteiger partial charge is 0.389 e. The Morgan fingerprint density at radius 2 is 2.22 bits per heavy atom. The molecule has 1 aromatic carbocycles. The van der Waals surface area contributed by atoms with Crippen molar-refractivity contribution in [3.8, 4) is 0 Å². The number of halogens is 1. The van der Waals surface area contributed by atoms with E-state index in [1.54, 1.807) is 18.2 Å². The molecule has 3 N–H and O–H groups in total. The Morgan fingerprint density at radius 1 is 1.44 bits per heavy atom. The van der Waals surface area contributed by atoms with Gasteiger partial charge < -0.3 is 15.6 Å². The lowest BCUT2D eigenvalue weighted by Crippen LogP contribution is -2.13. The normalized spacial score (nSPS) is 10.1. The minimum atomic E-state index is -0.409. The zero-order valence-electron chi connectivity index (χ0n) is 9.01. The summed E-state index contributed by atoms with van der Waals surface area (Å²) in [6.07, 6.45) is 1.31. The maximum absolute atomic E-state index is 11.7. The van der Waals surface area contributed by atoms with Gasteiger partial charge in [0.2, 0.25) is 0 Å². The molecule has 0 unspecified atom stereocenters. The van der Waals surface area contributed by atoms with Gasteiger partial charge in [0, 0.05) is 11.6 Å². The van der Waals surface area contributed by atoms with Crippen LogP contribution >= 0.6 is 23.8 Å². The van der Waals surface area contributed by atoms with Crippen LogP contribution in [-0.2, 0) is 0 Å². The summed E-state index contributed by atoms with van der Waals surface area (Å²) in [4.78, 5) is 11.9. The Kier molecular flexibility index (Phi) is 3.59. The molecule has 0 spiro atoms. The Balaban J connectivity index is 2.20. The van der Waals surface area contributed by atoms with Gasteiger partial charge in [-0.25, -0.2) is 0 Å². The Morgan fingerprint density at radius 3 is 2.78 bits per heavy atom. The van der Waals surface area contributed by atoms with Crippen LogP contribution in [0.1, 0.15) is 16.1 Å². The molecule has 2 aromatic rings. The Bertz CT molecular complexity index is 598. The molecule has 1 amide bonds. The average Bonchev–Trinajstić information content (AvgIpc) is 2.85. The summed E-state index contributed by atoms with van der Waals surface area (Å²) >= 11 is 10.8. The van der Waals surface area contributed by atoms with Crippen LogP contribution in [0.3, 0.4) is 0 Å². The van der Waals surface area contributed by atoms with Crippen LogP contribution in [0.15, 0.2) is 35.1 Å². The van der Waals surface area contributed by atoms with Crippen molar-refractivity contribution >= 4 is 40.4 Å². The number of nitrogens with zero attached hydrogens (tertiary/aromatic N) is 1. The third-order valence-corrected chi connectivity index (χ3v) is 2.72. The molecule has 2 rings (SSSR count). The van der Waals surface area contributed by atoms with Gasteiger partial charge in [-0.15, -0.1) is 0 Å². The maximum atomic E-state index is 11.7. The molecule has 0 aliphatic carbocycles. The number of nitrogens with two attached hydrogens (primary N) is 1. The molecular weight excluding hydrogens is 274 g/mol. The SMILES string of the molecule is NC(=S)c1ccc(NC(=O)c2ccon2)c(Cl)c1. The minimum Gasteiger partial charge on any atom is -0.389 e. The summed E-state index contributed by atoms with van der Waals surface area (Å²) in [5, 5.41) is 6.46. The predicted octanol–water partition coefficient (Wildman–Crippen LogP) is 2.21. The van der Waals surface area contributed by atoms with E-state index in [1.165, 1.54) is 12.3 Å². The predicted molar refractivity (Wildman–Crippen MR) is 71.8 cm³/mol. The molecule has 0 aliphatic heterocycles. The number of hydrogen-bond acceptors (Lipinski definition) is 4. The smallest absolute Gasteiger partial charge is 0.277 e. The lowest BCUT2D eigenvalue weighted by atomic mass is 10.2. The zero-order chi connectivity index (χ0) is 13.1. The fourth-order valence-corrected chi connectivity index (χ4v) is 1.64. The van der Waals surface area contributed by atoms with Gasteiger partial charge in [0.25, 0.3) is 5.91 Å². The van der Waals surface area contributed by atoms with E-state index in [4.69, 9.17) is 29.6 Å². The molecule has 0 fully saturated rings. The molecule has 0 saturated heterocycles. The van der Waals surface area contributed by atoms with Gasteiger partial charge in [0.05, 0.1) is 10.7 Å². The number of anilines is 1. The van der Waals surface area contributed by atoms with E-state index in [-0.39, 0.29) is 10.7 Å². The van der Waals surface area contributed by atoms with Crippen molar-refractivity contribution < 1.29 is 9.32 Å². The molecule has 18 heavy (non-hydrogen) atoms. The summed E-state index contributed by atoms with van der Waals surface area (Å²) in [6, 6.07) is 6.33. The fourth-order valence-electron chi connectivity index (χ4n) is 1.29. The molecule has 0 saturated carbocycles. The summed E-state index contributed by atoms with van der Waals surface area (Å²) in [6.45, 7) is 0. The summed E-state index contributed by atoms with van der Waals surface area (Å²) in [7, 11) is 0. The Hall–Kier alpha value is -1.92. The van der Waals surface area contributed by atoms with E-state index in [2.05, 4.69) is 15.0 Å². The highest BCUT2D eigenvalue weighted by Crippen LogP contribution is 2.23. The van der Waals surface area contributed by atoms with Crippen molar-refractivity contribution in [2.24, 2.45) is 5.73 Å². The molecular formula is C11H8ClN3O2S. The summed E-state index contributed by atoms with van der Waals surface area (Å²) in [5.74, 6) is -0.409. The van der Waals surface area contributed by atoms with Gasteiger partial charge in [0.15, 0.2) is 5.69 Å². The van der Waals surface area contributed by atoms with Gasteiger partial charge in [-0.3, -0.25) is 4.79 Å². The van der Waals surface area contributed by atoms with E-state index in [9.17, 15) is 4.79 Å². The number of carbonyl (C=O) groups is 1. The van der Waals surface area contributed by atoms with Crippen LogP contribution in [0, 0.1) is 0 Å². The van der Waals surface area contributed by atoms with Crippen molar-refractivity contribution in [2.45, 2.75) is 0 Å². The topological polar surface area (TPSA) is 81.1 Å². The second-order valence-corrected chi connectivity index (χ2v) is 4.24. The van der Waals surface area contributed by atoms with Crippen molar-refractivity contribution in [3.63, 3.8) is 0 Å². The first-order chi connectivity index (χ1) is 8.58. The second kappa shape index (κ2) is 5.16. The van der Waals surface area contributed by atoms with Gasteiger partial charge in [-0.2, -0.15) is 0 Å². The van der Waals surface area contributed by atoms with Crippen molar-refractivity contribution in [1.29, 1.82) is 0 Å². The third kappa shape index (κ3) is 2.66. The number of aromatic nitrogens is 1. The highest BCUT2D eigenvalue weighted by atomic mass is 35.5. The van der Waals surface area contributed by atoms with Crippen LogP contribution in [0.25, 0.3) is 0 Å². The van der Waals surface area contributed by atoms with Gasteiger partial charge in [-0.1, -0.05) is 29.0 Å². The van der Waals surface area contributed by atoms with Crippen LogP contribution in [0.5, 0.6) is 0 Å². The fraction of sp³-hybridized carbons (Fsp3) is 0. The van der Waals surface area contributed by atoms with Crippen LogP contribution in [0.2, 0.25) is 5.02 Å². The van der Waals surface area contributed by atoms with E-state index in [0.29, 0.717) is 16.3 Å². The van der Waals surface area contributed by atoms with E-state index < -0.39 is 5.91 Å². The number of rotatable bonds is 3.